The monoisotopic (exact) mass is 383 g/mol. The minimum absolute atomic E-state index is 0.0000132. The van der Waals surface area contributed by atoms with Gasteiger partial charge in [0.05, 0.1) is 5.75 Å². The summed E-state index contributed by atoms with van der Waals surface area (Å²) in [6.07, 6.45) is 0. The van der Waals surface area contributed by atoms with E-state index in [2.05, 4.69) is 5.32 Å². The van der Waals surface area contributed by atoms with E-state index in [1.165, 1.54) is 30.0 Å². The fraction of sp³-hybridized carbons (Fsp3) is 0.136. The molecule has 0 saturated heterocycles. The first-order valence-corrected chi connectivity index (χ1v) is 9.61. The molecule has 138 valence electrons. The Labute approximate surface area is 161 Å². The normalized spacial score (nSPS) is 11.8. The molecule has 0 saturated carbocycles. The molecular formula is C22H19F2NOS. The molecule has 1 unspecified atom stereocenters. The highest BCUT2D eigenvalue weighted by molar-refractivity contribution is 8.00. The molecule has 0 heterocycles. The Balaban J connectivity index is 1.67. The third-order valence-electron chi connectivity index (χ3n) is 4.16. The maximum atomic E-state index is 13.9. The highest BCUT2D eigenvalue weighted by Crippen LogP contribution is 2.32. The third kappa shape index (κ3) is 4.74. The van der Waals surface area contributed by atoms with Crippen LogP contribution in [0.15, 0.2) is 72.8 Å². The van der Waals surface area contributed by atoms with Crippen LogP contribution >= 0.6 is 11.8 Å². The van der Waals surface area contributed by atoms with Crippen LogP contribution in [-0.4, -0.2) is 11.7 Å². The maximum Gasteiger partial charge on any atom is 0.234 e. The predicted octanol–water partition coefficient (Wildman–Crippen LogP) is 6.06. The summed E-state index contributed by atoms with van der Waals surface area (Å²) < 4.78 is 27.7. The number of hydrogen-bond acceptors (Lipinski definition) is 2. The number of rotatable bonds is 6. The van der Waals surface area contributed by atoms with E-state index in [0.29, 0.717) is 5.69 Å². The lowest BCUT2D eigenvalue weighted by molar-refractivity contribution is -0.113. The number of para-hydroxylation sites is 1. The minimum Gasteiger partial charge on any atom is -0.325 e. The molecule has 0 bridgehead atoms. The van der Waals surface area contributed by atoms with Crippen molar-refractivity contribution in [2.45, 2.75) is 12.2 Å². The maximum absolute atomic E-state index is 13.9. The van der Waals surface area contributed by atoms with E-state index >= 15 is 0 Å². The van der Waals surface area contributed by atoms with Crippen LogP contribution in [0.4, 0.5) is 14.5 Å². The first-order chi connectivity index (χ1) is 13.1. The lowest BCUT2D eigenvalue weighted by atomic mass is 10.0. The summed E-state index contributed by atoms with van der Waals surface area (Å²) in [5.41, 5.74) is 2.63. The van der Waals surface area contributed by atoms with Crippen LogP contribution in [0.1, 0.15) is 17.7 Å². The number of carbonyl (C=O) groups excluding carboxylic acids is 1. The summed E-state index contributed by atoms with van der Waals surface area (Å²) in [5, 5.41) is 2.43. The van der Waals surface area contributed by atoms with E-state index in [1.54, 1.807) is 6.92 Å². The second-order valence-electron chi connectivity index (χ2n) is 6.05. The van der Waals surface area contributed by atoms with Crippen molar-refractivity contribution >= 4 is 23.4 Å². The topological polar surface area (TPSA) is 29.1 Å². The highest BCUT2D eigenvalue weighted by atomic mass is 32.2. The number of hydrogen-bond donors (Lipinski definition) is 1. The Morgan fingerprint density at radius 1 is 0.926 bits per heavy atom. The summed E-state index contributed by atoms with van der Waals surface area (Å²) >= 11 is 1.19. The van der Waals surface area contributed by atoms with Gasteiger partial charge in [0.15, 0.2) is 0 Å². The van der Waals surface area contributed by atoms with Crippen molar-refractivity contribution in [2.24, 2.45) is 0 Å². The Hall–Kier alpha value is -2.66. The zero-order valence-electron chi connectivity index (χ0n) is 14.8. The number of amides is 1. The summed E-state index contributed by atoms with van der Waals surface area (Å²) in [6.45, 7) is 1.69. The van der Waals surface area contributed by atoms with Gasteiger partial charge in [-0.3, -0.25) is 4.79 Å². The molecule has 3 rings (SSSR count). The lowest BCUT2D eigenvalue weighted by Crippen LogP contribution is -2.15. The lowest BCUT2D eigenvalue weighted by Gasteiger charge is -2.15. The first-order valence-electron chi connectivity index (χ1n) is 8.56. The van der Waals surface area contributed by atoms with Gasteiger partial charge in [-0.25, -0.2) is 8.78 Å². The average Bonchev–Trinajstić information content (AvgIpc) is 2.67. The average molecular weight is 383 g/mol. The minimum atomic E-state index is -0.593. The van der Waals surface area contributed by atoms with Crippen LogP contribution in [0, 0.1) is 11.6 Å². The molecule has 5 heteroatoms. The molecular weight excluding hydrogens is 364 g/mol. The van der Waals surface area contributed by atoms with Crippen LogP contribution in [0.25, 0.3) is 11.1 Å². The largest absolute Gasteiger partial charge is 0.325 e. The van der Waals surface area contributed by atoms with Crippen molar-refractivity contribution in [1.29, 1.82) is 0 Å². The van der Waals surface area contributed by atoms with Crippen LogP contribution in [0.3, 0.4) is 0 Å². The second-order valence-corrected chi connectivity index (χ2v) is 7.38. The predicted molar refractivity (Wildman–Crippen MR) is 108 cm³/mol. The molecule has 3 aromatic carbocycles. The van der Waals surface area contributed by atoms with Crippen molar-refractivity contribution < 1.29 is 13.6 Å². The molecule has 0 aliphatic heterocycles. The molecule has 0 aliphatic rings. The summed E-state index contributed by atoms with van der Waals surface area (Å²) in [7, 11) is 0. The van der Waals surface area contributed by atoms with Gasteiger partial charge >= 0.3 is 0 Å². The Morgan fingerprint density at radius 3 is 2.26 bits per heavy atom. The molecule has 1 N–H and O–H groups in total. The van der Waals surface area contributed by atoms with E-state index in [9.17, 15) is 13.6 Å². The number of carbonyl (C=O) groups is 1. The molecule has 0 aromatic heterocycles. The molecule has 0 aliphatic carbocycles. The smallest absolute Gasteiger partial charge is 0.234 e. The summed E-state index contributed by atoms with van der Waals surface area (Å²) in [4.78, 5) is 12.4. The van der Waals surface area contributed by atoms with Crippen molar-refractivity contribution in [1.82, 2.24) is 0 Å². The number of nitrogens with one attached hydrogen (secondary N) is 1. The standard InChI is InChI=1S/C22H19F2NOS/c1-15(22-18(23)11-7-12-19(22)24)27-14-21(26)25-20-13-6-5-10-17(20)16-8-3-2-4-9-16/h2-13,15H,14H2,1H3,(H,25,26). The van der Waals surface area contributed by atoms with E-state index in [0.717, 1.165) is 11.1 Å². The van der Waals surface area contributed by atoms with Gasteiger partial charge < -0.3 is 5.32 Å². The van der Waals surface area contributed by atoms with Crippen molar-refractivity contribution in [2.75, 3.05) is 11.1 Å². The molecule has 1 amide bonds. The van der Waals surface area contributed by atoms with Crippen LogP contribution in [0.2, 0.25) is 0 Å². The van der Waals surface area contributed by atoms with Crippen LogP contribution in [0.5, 0.6) is 0 Å². The van der Waals surface area contributed by atoms with Crippen molar-refractivity contribution in [3.05, 3.63) is 90.0 Å². The Morgan fingerprint density at radius 2 is 1.56 bits per heavy atom. The van der Waals surface area contributed by atoms with Crippen molar-refractivity contribution in [3.8, 4) is 11.1 Å². The first kappa shape index (κ1) is 19.1. The molecule has 1 atom stereocenters. The highest BCUT2D eigenvalue weighted by Gasteiger charge is 2.18. The van der Waals surface area contributed by atoms with Gasteiger partial charge in [0, 0.05) is 22.1 Å². The second kappa shape index (κ2) is 8.82. The quantitative estimate of drug-likeness (QED) is 0.560. The molecule has 3 aromatic rings. The summed E-state index contributed by atoms with van der Waals surface area (Å²) in [5.74, 6) is -1.31. The molecule has 27 heavy (non-hydrogen) atoms. The van der Waals surface area contributed by atoms with Gasteiger partial charge in [0.25, 0.3) is 0 Å². The SMILES string of the molecule is CC(SCC(=O)Nc1ccccc1-c1ccccc1)c1c(F)cccc1F. The van der Waals surface area contributed by atoms with Gasteiger partial charge in [-0.05, 0) is 30.7 Å². The van der Waals surface area contributed by atoms with Crippen molar-refractivity contribution in [3.63, 3.8) is 0 Å². The summed E-state index contributed by atoms with van der Waals surface area (Å²) in [6, 6.07) is 21.1. The number of anilines is 1. The number of halogens is 2. The van der Waals surface area contributed by atoms with Gasteiger partial charge in [0.2, 0.25) is 5.91 Å². The van der Waals surface area contributed by atoms with Gasteiger partial charge in [-0.1, -0.05) is 54.6 Å². The number of thioether (sulfide) groups is 1. The molecule has 2 nitrogen and oxygen atoms in total. The Kier molecular flexibility index (Phi) is 6.24. The Bertz CT molecular complexity index is 910. The van der Waals surface area contributed by atoms with E-state index in [-0.39, 0.29) is 17.2 Å². The third-order valence-corrected chi connectivity index (χ3v) is 5.32. The van der Waals surface area contributed by atoms with E-state index < -0.39 is 16.9 Å². The van der Waals surface area contributed by atoms with Gasteiger partial charge in [-0.2, -0.15) is 0 Å². The van der Waals surface area contributed by atoms with Gasteiger partial charge in [-0.15, -0.1) is 11.8 Å². The molecule has 0 radical (unpaired) electrons. The van der Waals surface area contributed by atoms with Gasteiger partial charge in [0.1, 0.15) is 11.6 Å². The zero-order chi connectivity index (χ0) is 19.2. The van der Waals surface area contributed by atoms with E-state index in [1.807, 2.05) is 54.6 Å². The fourth-order valence-electron chi connectivity index (χ4n) is 2.83. The number of benzene rings is 3. The fourth-order valence-corrected chi connectivity index (χ4v) is 3.70. The zero-order valence-corrected chi connectivity index (χ0v) is 15.6. The van der Waals surface area contributed by atoms with Crippen LogP contribution < -0.4 is 5.32 Å². The molecule has 0 fully saturated rings. The molecule has 0 spiro atoms. The van der Waals surface area contributed by atoms with E-state index in [4.69, 9.17) is 0 Å². The van der Waals surface area contributed by atoms with Crippen LogP contribution in [-0.2, 0) is 4.79 Å².